The number of nitrogens with one attached hydrogen (secondary N) is 1. The van der Waals surface area contributed by atoms with Crippen molar-refractivity contribution in [1.29, 1.82) is 0 Å². The lowest BCUT2D eigenvalue weighted by atomic mass is 10.0. The van der Waals surface area contributed by atoms with Crippen molar-refractivity contribution in [3.63, 3.8) is 0 Å². The van der Waals surface area contributed by atoms with Crippen LogP contribution in [0.1, 0.15) is 29.0 Å². The number of furan rings is 1. The maximum absolute atomic E-state index is 12.8. The van der Waals surface area contributed by atoms with Crippen molar-refractivity contribution < 1.29 is 14.3 Å². The first-order valence-corrected chi connectivity index (χ1v) is 9.81. The third-order valence-corrected chi connectivity index (χ3v) is 5.78. The molecule has 29 heavy (non-hydrogen) atoms. The van der Waals surface area contributed by atoms with Crippen LogP contribution >= 0.6 is 11.3 Å². The molecule has 8 heteroatoms. The molecule has 0 saturated carbocycles. The second kappa shape index (κ2) is 6.46. The molecule has 0 amide bonds. The average Bonchev–Trinajstić information content (AvgIpc) is 3.31. The summed E-state index contributed by atoms with van der Waals surface area (Å²) in [5.74, 6) is -1.16. The number of thiazole rings is 1. The van der Waals surface area contributed by atoms with E-state index in [1.807, 2.05) is 49.4 Å². The number of carboxylic acid groups (broad SMARTS) is 1. The van der Waals surface area contributed by atoms with Gasteiger partial charge in [0.05, 0.1) is 6.20 Å². The number of hydrogen-bond acceptors (Lipinski definition) is 6. The second-order valence-electron chi connectivity index (χ2n) is 6.74. The van der Waals surface area contributed by atoms with Crippen LogP contribution in [0, 0.1) is 0 Å². The number of anilines is 1. The number of hydrogen-bond donors (Lipinski definition) is 2. The number of aromatic nitrogens is 2. The van der Waals surface area contributed by atoms with Gasteiger partial charge in [0, 0.05) is 22.2 Å². The van der Waals surface area contributed by atoms with Crippen molar-refractivity contribution >= 4 is 49.9 Å². The van der Waals surface area contributed by atoms with Gasteiger partial charge < -0.3 is 14.8 Å². The van der Waals surface area contributed by atoms with Gasteiger partial charge in [-0.2, -0.15) is 0 Å². The molecular weight excluding hydrogens is 390 g/mol. The summed E-state index contributed by atoms with van der Waals surface area (Å²) in [6, 6.07) is 13.5. The minimum absolute atomic E-state index is 0.0925. The van der Waals surface area contributed by atoms with Crippen LogP contribution in [0.2, 0.25) is 0 Å². The Balaban J connectivity index is 1.55. The topological polar surface area (TPSA) is 96.8 Å². The van der Waals surface area contributed by atoms with Gasteiger partial charge in [0.15, 0.2) is 4.96 Å². The van der Waals surface area contributed by atoms with E-state index in [4.69, 9.17) is 4.42 Å². The first-order valence-electron chi connectivity index (χ1n) is 8.93. The van der Waals surface area contributed by atoms with Crippen molar-refractivity contribution in [2.45, 2.75) is 13.0 Å². The zero-order chi connectivity index (χ0) is 20.1. The van der Waals surface area contributed by atoms with Gasteiger partial charge in [-0.15, -0.1) is 11.3 Å². The SMILES string of the molecule is C[C@@H](Nc1cnc2scc(C(=O)O)n2c1=O)c1ccc2oc3ccccc3c2c1. The number of para-hydroxylation sites is 1. The molecule has 0 saturated heterocycles. The standard InChI is InChI=1S/C21H15N3O4S/c1-11(12-6-7-18-14(8-12)13-4-2-3-5-17(13)28-18)23-15-9-22-21-24(19(15)25)16(10-29-21)20(26)27/h2-11,23H,1H3,(H,26,27)/t11-/m1/s1. The van der Waals surface area contributed by atoms with E-state index >= 15 is 0 Å². The Morgan fingerprint density at radius 2 is 2.00 bits per heavy atom. The summed E-state index contributed by atoms with van der Waals surface area (Å²) < 4.78 is 6.98. The highest BCUT2D eigenvalue weighted by Gasteiger charge is 2.17. The van der Waals surface area contributed by atoms with Gasteiger partial charge in [0.2, 0.25) is 0 Å². The zero-order valence-electron chi connectivity index (χ0n) is 15.2. The van der Waals surface area contributed by atoms with E-state index in [1.54, 1.807) is 0 Å². The van der Waals surface area contributed by atoms with Crippen LogP contribution in [0.3, 0.4) is 0 Å². The van der Waals surface area contributed by atoms with Crippen molar-refractivity contribution in [3.05, 3.63) is 75.7 Å². The van der Waals surface area contributed by atoms with Crippen LogP contribution in [0.25, 0.3) is 26.9 Å². The van der Waals surface area contributed by atoms with E-state index in [0.29, 0.717) is 4.96 Å². The number of carboxylic acids is 1. The van der Waals surface area contributed by atoms with E-state index in [9.17, 15) is 14.7 Å². The van der Waals surface area contributed by atoms with Crippen LogP contribution in [-0.2, 0) is 0 Å². The highest BCUT2D eigenvalue weighted by Crippen LogP contribution is 2.31. The summed E-state index contributed by atoms with van der Waals surface area (Å²) in [6.45, 7) is 1.93. The Morgan fingerprint density at radius 1 is 1.21 bits per heavy atom. The zero-order valence-corrected chi connectivity index (χ0v) is 16.1. The molecule has 0 bridgehead atoms. The van der Waals surface area contributed by atoms with Gasteiger partial charge >= 0.3 is 5.97 Å². The summed E-state index contributed by atoms with van der Waals surface area (Å²) in [7, 11) is 0. The lowest BCUT2D eigenvalue weighted by molar-refractivity contribution is 0.0689. The van der Waals surface area contributed by atoms with Crippen LogP contribution in [0.4, 0.5) is 5.69 Å². The highest BCUT2D eigenvalue weighted by atomic mass is 32.1. The summed E-state index contributed by atoms with van der Waals surface area (Å²) in [4.78, 5) is 28.8. The Labute approximate surface area is 167 Å². The van der Waals surface area contributed by atoms with E-state index < -0.39 is 11.5 Å². The minimum Gasteiger partial charge on any atom is -0.477 e. The lowest BCUT2D eigenvalue weighted by Gasteiger charge is -2.15. The van der Waals surface area contributed by atoms with Gasteiger partial charge in [-0.05, 0) is 30.7 Å². The lowest BCUT2D eigenvalue weighted by Crippen LogP contribution is -2.23. The number of benzene rings is 2. The predicted molar refractivity (Wildman–Crippen MR) is 112 cm³/mol. The summed E-state index contributed by atoms with van der Waals surface area (Å²) in [6.07, 6.45) is 1.45. The summed E-state index contributed by atoms with van der Waals surface area (Å²) in [5, 5.41) is 15.9. The monoisotopic (exact) mass is 405 g/mol. The molecule has 144 valence electrons. The summed E-state index contributed by atoms with van der Waals surface area (Å²) in [5.41, 5.74) is 2.31. The molecule has 0 fully saturated rings. The largest absolute Gasteiger partial charge is 0.477 e. The fourth-order valence-electron chi connectivity index (χ4n) is 3.47. The van der Waals surface area contributed by atoms with Gasteiger partial charge in [-0.1, -0.05) is 24.3 Å². The average molecular weight is 405 g/mol. The van der Waals surface area contributed by atoms with E-state index in [0.717, 1.165) is 43.2 Å². The maximum Gasteiger partial charge on any atom is 0.353 e. The van der Waals surface area contributed by atoms with Crippen molar-refractivity contribution in [2.75, 3.05) is 5.32 Å². The molecule has 2 N–H and O–H groups in total. The van der Waals surface area contributed by atoms with Crippen molar-refractivity contribution in [1.82, 2.24) is 9.38 Å². The van der Waals surface area contributed by atoms with Gasteiger partial charge in [0.25, 0.3) is 5.56 Å². The quantitative estimate of drug-likeness (QED) is 0.456. The van der Waals surface area contributed by atoms with Crippen LogP contribution in [0.5, 0.6) is 0 Å². The molecule has 3 heterocycles. The van der Waals surface area contributed by atoms with Gasteiger partial charge in [-0.3, -0.25) is 4.79 Å². The molecule has 5 aromatic rings. The maximum atomic E-state index is 12.8. The van der Waals surface area contributed by atoms with E-state index in [2.05, 4.69) is 10.3 Å². The molecule has 0 aliphatic carbocycles. The Morgan fingerprint density at radius 3 is 2.83 bits per heavy atom. The van der Waals surface area contributed by atoms with Crippen LogP contribution in [-0.4, -0.2) is 20.5 Å². The van der Waals surface area contributed by atoms with Gasteiger partial charge in [-0.25, -0.2) is 14.2 Å². The molecule has 3 aromatic heterocycles. The highest BCUT2D eigenvalue weighted by molar-refractivity contribution is 7.15. The fraction of sp³-hybridized carbons (Fsp3) is 0.0952. The van der Waals surface area contributed by atoms with Gasteiger partial charge in [0.1, 0.15) is 22.5 Å². The Hall–Kier alpha value is -3.65. The molecule has 0 aliphatic heterocycles. The smallest absolute Gasteiger partial charge is 0.353 e. The molecule has 5 rings (SSSR count). The first kappa shape index (κ1) is 17.4. The summed E-state index contributed by atoms with van der Waals surface area (Å²) >= 11 is 1.12. The second-order valence-corrected chi connectivity index (χ2v) is 7.58. The number of fused-ring (bicyclic) bond motifs is 4. The first-order chi connectivity index (χ1) is 14.0. The van der Waals surface area contributed by atoms with E-state index in [1.165, 1.54) is 11.6 Å². The number of rotatable bonds is 4. The Bertz CT molecular complexity index is 1460. The van der Waals surface area contributed by atoms with Crippen LogP contribution < -0.4 is 10.9 Å². The number of aromatic carboxylic acids is 1. The Kier molecular flexibility index (Phi) is 3.88. The minimum atomic E-state index is -1.16. The normalized spacial score (nSPS) is 12.6. The van der Waals surface area contributed by atoms with Crippen molar-refractivity contribution in [3.8, 4) is 0 Å². The molecule has 1 atom stereocenters. The fourth-order valence-corrected chi connectivity index (χ4v) is 4.30. The molecule has 0 aliphatic rings. The molecule has 2 aromatic carbocycles. The predicted octanol–water partition coefficient (Wildman–Crippen LogP) is 4.53. The molecule has 7 nitrogen and oxygen atoms in total. The van der Waals surface area contributed by atoms with E-state index in [-0.39, 0.29) is 17.4 Å². The number of nitrogens with zero attached hydrogens (tertiary/aromatic N) is 2. The van der Waals surface area contributed by atoms with Crippen molar-refractivity contribution in [2.24, 2.45) is 0 Å². The third-order valence-electron chi connectivity index (χ3n) is 4.94. The third kappa shape index (κ3) is 2.76. The van der Waals surface area contributed by atoms with Crippen LogP contribution in [0.15, 0.2) is 63.3 Å². The molecule has 0 spiro atoms. The number of carbonyl (C=O) groups is 1. The molecule has 0 unspecified atom stereocenters. The molecular formula is C21H15N3O4S. The molecule has 0 radical (unpaired) electrons.